The van der Waals surface area contributed by atoms with Gasteiger partial charge in [0.2, 0.25) is 11.7 Å². The highest BCUT2D eigenvalue weighted by molar-refractivity contribution is 7.18. The number of hydrogen-bond acceptors (Lipinski definition) is 9. The van der Waals surface area contributed by atoms with Gasteiger partial charge >= 0.3 is 12.2 Å². The van der Waals surface area contributed by atoms with E-state index in [2.05, 4.69) is 27.1 Å². The molecule has 1 aliphatic heterocycles. The highest BCUT2D eigenvalue weighted by atomic mass is 32.1. The second kappa shape index (κ2) is 10.3. The highest BCUT2D eigenvalue weighted by Gasteiger charge is 2.39. The van der Waals surface area contributed by atoms with Gasteiger partial charge in [0.15, 0.2) is 5.82 Å². The molecule has 0 saturated carbocycles. The minimum Gasteiger partial charge on any atom is -0.461 e. The number of anilines is 1. The molecule has 3 aromatic heterocycles. The molecule has 4 rings (SSSR count). The van der Waals surface area contributed by atoms with E-state index in [9.17, 15) is 18.0 Å². The second-order valence-electron chi connectivity index (χ2n) is 8.10. The first kappa shape index (κ1) is 25.1. The maximum atomic E-state index is 13.2. The largest absolute Gasteiger partial charge is 0.461 e. The van der Waals surface area contributed by atoms with Gasteiger partial charge in [-0.3, -0.25) is 4.79 Å². The van der Waals surface area contributed by atoms with Crippen molar-refractivity contribution in [1.29, 1.82) is 0 Å². The van der Waals surface area contributed by atoms with E-state index in [0.29, 0.717) is 5.82 Å². The van der Waals surface area contributed by atoms with E-state index in [1.807, 2.05) is 11.0 Å². The molecule has 190 valence electrons. The summed E-state index contributed by atoms with van der Waals surface area (Å²) in [4.78, 5) is 25.9. The monoisotopic (exact) mass is 513 g/mol. The first-order valence-electron chi connectivity index (χ1n) is 11.2. The van der Waals surface area contributed by atoms with E-state index >= 15 is 0 Å². The van der Waals surface area contributed by atoms with Gasteiger partial charge in [0, 0.05) is 31.4 Å². The molecule has 0 atom stereocenters. The van der Waals surface area contributed by atoms with Crippen LogP contribution < -0.4 is 9.64 Å². The first-order chi connectivity index (χ1) is 16.7. The average molecular weight is 514 g/mol. The van der Waals surface area contributed by atoms with Gasteiger partial charge in [-0.15, -0.1) is 21.5 Å². The van der Waals surface area contributed by atoms with Crippen LogP contribution in [0.4, 0.5) is 19.0 Å². The Morgan fingerprint density at radius 2 is 2.06 bits per heavy atom. The summed E-state index contributed by atoms with van der Waals surface area (Å²) in [5, 5.41) is 17.0. The quantitative estimate of drug-likeness (QED) is 0.465. The molecule has 3 aromatic rings. The number of aryl methyl sites for hydroxylation is 1. The van der Waals surface area contributed by atoms with E-state index in [-0.39, 0.29) is 63.7 Å². The van der Waals surface area contributed by atoms with Gasteiger partial charge in [0.1, 0.15) is 17.3 Å². The molecule has 0 unspecified atom stereocenters. The molecule has 14 heteroatoms. The Bertz CT molecular complexity index is 1200. The molecular weight excluding hydrogens is 487 g/mol. The van der Waals surface area contributed by atoms with Crippen molar-refractivity contribution in [1.82, 2.24) is 29.6 Å². The molecule has 0 fully saturated rings. The molecular formula is C21H26F3N7O3S. The number of hydrogen-bond donors (Lipinski definition) is 1. The van der Waals surface area contributed by atoms with Crippen LogP contribution in [0, 0.1) is 0 Å². The maximum absolute atomic E-state index is 13.2. The number of fused-ring (bicyclic) bond motifs is 2. The Morgan fingerprint density at radius 3 is 2.74 bits per heavy atom. The van der Waals surface area contributed by atoms with Gasteiger partial charge in [0.05, 0.1) is 25.1 Å². The molecule has 0 bridgehead atoms. The van der Waals surface area contributed by atoms with E-state index in [1.54, 1.807) is 0 Å². The van der Waals surface area contributed by atoms with Crippen LogP contribution in [0.25, 0.3) is 10.2 Å². The molecule has 1 N–H and O–H groups in total. The van der Waals surface area contributed by atoms with E-state index in [1.165, 1.54) is 23.2 Å². The zero-order valence-corrected chi connectivity index (χ0v) is 20.2. The Hall–Kier alpha value is -3.00. The van der Waals surface area contributed by atoms with Crippen LogP contribution in [0.2, 0.25) is 0 Å². The van der Waals surface area contributed by atoms with Crippen molar-refractivity contribution >= 4 is 33.3 Å². The molecule has 0 spiro atoms. The number of nitrogens with zero attached hydrogens (tertiary/aromatic N) is 7. The number of alkyl halides is 3. The number of amides is 1. The highest BCUT2D eigenvalue weighted by Crippen LogP contribution is 2.35. The number of carbonyl (C=O) groups excluding carboxylic acids is 1. The zero-order chi connectivity index (χ0) is 25.2. The Kier molecular flexibility index (Phi) is 7.40. The van der Waals surface area contributed by atoms with Crippen LogP contribution in [0.3, 0.4) is 0 Å². The van der Waals surface area contributed by atoms with Crippen LogP contribution >= 0.6 is 11.3 Å². The number of ether oxygens (including phenoxy) is 1. The lowest BCUT2D eigenvalue weighted by Gasteiger charge is -2.29. The van der Waals surface area contributed by atoms with Gasteiger partial charge in [-0.25, -0.2) is 0 Å². The first-order valence-corrected chi connectivity index (χ1v) is 12.1. The number of carbonyl (C=O) groups is 1. The van der Waals surface area contributed by atoms with Crippen molar-refractivity contribution in [2.24, 2.45) is 0 Å². The van der Waals surface area contributed by atoms with Crippen LogP contribution in [0.5, 0.6) is 6.01 Å². The summed E-state index contributed by atoms with van der Waals surface area (Å²) in [7, 11) is 0. The third-order valence-electron chi connectivity index (χ3n) is 5.61. The average Bonchev–Trinajstić information content (AvgIpc) is 3.41. The number of aliphatic hydroxyl groups is 1. The van der Waals surface area contributed by atoms with Gasteiger partial charge < -0.3 is 24.2 Å². The fourth-order valence-electron chi connectivity index (χ4n) is 3.96. The lowest BCUT2D eigenvalue weighted by Crippen LogP contribution is -2.36. The van der Waals surface area contributed by atoms with Crippen molar-refractivity contribution in [2.45, 2.75) is 46.0 Å². The standard InChI is InChI=1S/C21H26F3N7O3S/c1-3-4-14-11-15-17(30-5-6-31-16(12-30)27-28-19(31)21(22,23)24)25-20(26-18(15)35-14)34-10-8-29(7-9-32)13(2)33/h11,32H,3-10,12H2,1-2H3. The minimum atomic E-state index is -4.57. The smallest absolute Gasteiger partial charge is 0.451 e. The van der Waals surface area contributed by atoms with Gasteiger partial charge in [-0.1, -0.05) is 13.3 Å². The molecule has 1 aliphatic rings. The normalized spacial score (nSPS) is 13.8. The summed E-state index contributed by atoms with van der Waals surface area (Å²) in [6, 6.07) is 2.13. The molecule has 4 heterocycles. The number of halogens is 3. The number of aromatic nitrogens is 5. The summed E-state index contributed by atoms with van der Waals surface area (Å²) in [6.45, 7) is 4.38. The van der Waals surface area contributed by atoms with Gasteiger partial charge in [-0.05, 0) is 12.5 Å². The fraction of sp³-hybridized carbons (Fsp3) is 0.571. The topological polar surface area (TPSA) is 110 Å². The minimum absolute atomic E-state index is 0.0690. The van der Waals surface area contributed by atoms with Crippen molar-refractivity contribution in [2.75, 3.05) is 37.7 Å². The lowest BCUT2D eigenvalue weighted by molar-refractivity contribution is -0.147. The Labute approximate surface area is 203 Å². The number of rotatable bonds is 9. The predicted molar refractivity (Wildman–Crippen MR) is 122 cm³/mol. The van der Waals surface area contributed by atoms with Crippen molar-refractivity contribution in [3.63, 3.8) is 0 Å². The second-order valence-corrected chi connectivity index (χ2v) is 9.22. The zero-order valence-electron chi connectivity index (χ0n) is 19.4. The predicted octanol–water partition coefficient (Wildman–Crippen LogP) is 2.49. The molecule has 1 amide bonds. The van der Waals surface area contributed by atoms with Crippen molar-refractivity contribution in [3.05, 3.63) is 22.6 Å². The lowest BCUT2D eigenvalue weighted by atomic mass is 10.2. The molecule has 0 radical (unpaired) electrons. The van der Waals surface area contributed by atoms with Gasteiger partial charge in [-0.2, -0.15) is 23.1 Å². The van der Waals surface area contributed by atoms with Gasteiger partial charge in [0.25, 0.3) is 0 Å². The number of aliphatic hydroxyl groups excluding tert-OH is 1. The third kappa shape index (κ3) is 5.48. The molecule has 35 heavy (non-hydrogen) atoms. The van der Waals surface area contributed by atoms with E-state index in [4.69, 9.17) is 9.84 Å². The SMILES string of the molecule is CCCc1cc2c(N3CCn4c(nnc4C(F)(F)F)C3)nc(OCCN(CCO)C(C)=O)nc2s1. The van der Waals surface area contributed by atoms with Crippen molar-refractivity contribution < 1.29 is 27.8 Å². The third-order valence-corrected chi connectivity index (χ3v) is 6.70. The van der Waals surface area contributed by atoms with E-state index in [0.717, 1.165) is 32.5 Å². The summed E-state index contributed by atoms with van der Waals surface area (Å²) in [6.07, 6.45) is -2.74. The van der Waals surface area contributed by atoms with Crippen LogP contribution in [0.1, 0.15) is 36.8 Å². The molecule has 0 aromatic carbocycles. The summed E-state index contributed by atoms with van der Waals surface area (Å²) < 4.78 is 46.5. The molecule has 0 saturated heterocycles. The molecule has 10 nitrogen and oxygen atoms in total. The van der Waals surface area contributed by atoms with E-state index < -0.39 is 12.0 Å². The van der Waals surface area contributed by atoms with Crippen LogP contribution in [0.15, 0.2) is 6.07 Å². The Balaban J connectivity index is 1.61. The number of thiophene rings is 1. The fourth-order valence-corrected chi connectivity index (χ4v) is 5.07. The summed E-state index contributed by atoms with van der Waals surface area (Å²) in [5.41, 5.74) is 0. The summed E-state index contributed by atoms with van der Waals surface area (Å²) in [5.74, 6) is -0.409. The maximum Gasteiger partial charge on any atom is 0.451 e. The molecule has 0 aliphatic carbocycles. The Morgan fingerprint density at radius 1 is 1.26 bits per heavy atom. The van der Waals surface area contributed by atoms with Crippen LogP contribution in [-0.2, 0) is 30.5 Å². The summed E-state index contributed by atoms with van der Waals surface area (Å²) >= 11 is 1.52. The van der Waals surface area contributed by atoms with Crippen molar-refractivity contribution in [3.8, 4) is 6.01 Å². The van der Waals surface area contributed by atoms with Crippen LogP contribution in [-0.4, -0.2) is 73.5 Å².